The third-order valence-electron chi connectivity index (χ3n) is 10.7. The monoisotopic (exact) mass is 484 g/mol. The van der Waals surface area contributed by atoms with Crippen LogP contribution in [0.2, 0.25) is 0 Å². The molecule has 0 spiro atoms. The SMILES string of the molecule is CCCC1CCC(C2CCC(OC(F)(F)C3CCC(C4CCC(CC)CC4)CC3)C(F)C2)CC1. The fourth-order valence-electron chi connectivity index (χ4n) is 8.33. The van der Waals surface area contributed by atoms with E-state index in [2.05, 4.69) is 13.8 Å². The molecule has 0 bridgehead atoms. The second-order valence-corrected chi connectivity index (χ2v) is 12.7. The average Bonchev–Trinajstić information content (AvgIpc) is 2.86. The third kappa shape index (κ3) is 6.74. The lowest BCUT2D eigenvalue weighted by molar-refractivity contribution is -0.310. The summed E-state index contributed by atoms with van der Waals surface area (Å²) in [5.74, 6) is 3.31. The molecular weight excluding hydrogens is 433 g/mol. The summed E-state index contributed by atoms with van der Waals surface area (Å²) in [6.45, 7) is 4.53. The highest BCUT2D eigenvalue weighted by atomic mass is 19.3. The molecule has 0 aromatic carbocycles. The van der Waals surface area contributed by atoms with Crippen molar-refractivity contribution < 1.29 is 17.9 Å². The van der Waals surface area contributed by atoms with Crippen molar-refractivity contribution in [2.24, 2.45) is 41.4 Å². The fraction of sp³-hybridized carbons (Fsp3) is 1.00. The first-order valence-electron chi connectivity index (χ1n) is 15.1. The molecule has 0 N–H and O–H groups in total. The summed E-state index contributed by atoms with van der Waals surface area (Å²) >= 11 is 0. The normalized spacial score (nSPS) is 42.4. The van der Waals surface area contributed by atoms with Gasteiger partial charge in [-0.25, -0.2) is 4.39 Å². The van der Waals surface area contributed by atoms with Gasteiger partial charge in [-0.15, -0.1) is 0 Å². The van der Waals surface area contributed by atoms with E-state index in [4.69, 9.17) is 4.74 Å². The number of rotatable bonds is 8. The lowest BCUT2D eigenvalue weighted by Gasteiger charge is -2.42. The molecule has 0 aromatic heterocycles. The van der Waals surface area contributed by atoms with E-state index >= 15 is 13.2 Å². The van der Waals surface area contributed by atoms with Gasteiger partial charge in [-0.05, 0) is 106 Å². The number of alkyl halides is 3. The summed E-state index contributed by atoms with van der Waals surface area (Å²) < 4.78 is 50.6. The minimum atomic E-state index is -3.18. The van der Waals surface area contributed by atoms with E-state index < -0.39 is 24.3 Å². The highest BCUT2D eigenvalue weighted by molar-refractivity contribution is 4.89. The van der Waals surface area contributed by atoms with Gasteiger partial charge in [-0.3, -0.25) is 0 Å². The van der Waals surface area contributed by atoms with Crippen molar-refractivity contribution in [1.29, 1.82) is 0 Å². The molecule has 4 rings (SSSR count). The largest absolute Gasteiger partial charge is 0.358 e. The minimum Gasteiger partial charge on any atom is -0.314 e. The van der Waals surface area contributed by atoms with Gasteiger partial charge in [0.15, 0.2) is 0 Å². The van der Waals surface area contributed by atoms with E-state index in [9.17, 15) is 0 Å². The molecule has 0 heterocycles. The molecule has 198 valence electrons. The topological polar surface area (TPSA) is 9.23 Å². The molecule has 0 amide bonds. The van der Waals surface area contributed by atoms with Crippen LogP contribution >= 0.6 is 0 Å². The van der Waals surface area contributed by atoms with Crippen molar-refractivity contribution in [2.75, 3.05) is 0 Å². The predicted molar refractivity (Wildman–Crippen MR) is 134 cm³/mol. The summed E-state index contributed by atoms with van der Waals surface area (Å²) in [6.07, 6.45) is 13.3. The summed E-state index contributed by atoms with van der Waals surface area (Å²) in [6, 6.07) is 0. The Bertz CT molecular complexity index is 586. The Morgan fingerprint density at radius 2 is 1.15 bits per heavy atom. The highest BCUT2D eigenvalue weighted by Gasteiger charge is 2.48. The van der Waals surface area contributed by atoms with Crippen LogP contribution < -0.4 is 0 Å². The second-order valence-electron chi connectivity index (χ2n) is 12.7. The maximum absolute atomic E-state index is 15.1. The highest BCUT2D eigenvalue weighted by Crippen LogP contribution is 2.48. The van der Waals surface area contributed by atoms with Crippen LogP contribution in [-0.2, 0) is 4.74 Å². The molecule has 4 heteroatoms. The maximum Gasteiger partial charge on any atom is 0.358 e. The van der Waals surface area contributed by atoms with E-state index in [0.29, 0.717) is 43.4 Å². The number of ether oxygens (including phenoxy) is 1. The Labute approximate surface area is 207 Å². The molecule has 0 aliphatic heterocycles. The average molecular weight is 485 g/mol. The number of hydrogen-bond acceptors (Lipinski definition) is 1. The molecule has 3 atom stereocenters. The van der Waals surface area contributed by atoms with Gasteiger partial charge in [0, 0.05) is 0 Å². The van der Waals surface area contributed by atoms with Crippen LogP contribution in [0.15, 0.2) is 0 Å². The molecule has 4 saturated carbocycles. The van der Waals surface area contributed by atoms with Gasteiger partial charge in [-0.1, -0.05) is 58.8 Å². The van der Waals surface area contributed by atoms with Gasteiger partial charge in [0.25, 0.3) is 0 Å². The van der Waals surface area contributed by atoms with Gasteiger partial charge < -0.3 is 4.74 Å². The molecule has 0 aromatic rings. The quantitative estimate of drug-likeness (QED) is 0.333. The van der Waals surface area contributed by atoms with Crippen molar-refractivity contribution in [3.63, 3.8) is 0 Å². The molecular formula is C30H51F3O. The lowest BCUT2D eigenvalue weighted by Crippen LogP contribution is -2.44. The van der Waals surface area contributed by atoms with E-state index in [1.807, 2.05) is 0 Å². The molecule has 4 fully saturated rings. The van der Waals surface area contributed by atoms with Crippen molar-refractivity contribution in [3.05, 3.63) is 0 Å². The predicted octanol–water partition coefficient (Wildman–Crippen LogP) is 9.73. The zero-order valence-electron chi connectivity index (χ0n) is 22.0. The van der Waals surface area contributed by atoms with Gasteiger partial charge in [0.2, 0.25) is 0 Å². The minimum absolute atomic E-state index is 0.365. The zero-order valence-corrected chi connectivity index (χ0v) is 22.0. The molecule has 4 aliphatic rings. The van der Waals surface area contributed by atoms with Crippen molar-refractivity contribution >= 4 is 0 Å². The van der Waals surface area contributed by atoms with Gasteiger partial charge in [0.1, 0.15) is 6.17 Å². The summed E-state index contributed by atoms with van der Waals surface area (Å²) in [5, 5.41) is 0. The van der Waals surface area contributed by atoms with Crippen LogP contribution in [-0.4, -0.2) is 18.4 Å². The van der Waals surface area contributed by atoms with Crippen LogP contribution in [0, 0.1) is 41.4 Å². The summed E-state index contributed by atoms with van der Waals surface area (Å²) in [7, 11) is 0. The molecule has 4 aliphatic carbocycles. The van der Waals surface area contributed by atoms with Crippen LogP contribution in [0.3, 0.4) is 0 Å². The van der Waals surface area contributed by atoms with Gasteiger partial charge in [0.05, 0.1) is 12.0 Å². The smallest absolute Gasteiger partial charge is 0.314 e. The first-order chi connectivity index (χ1) is 16.4. The summed E-state index contributed by atoms with van der Waals surface area (Å²) in [5.41, 5.74) is 0. The molecule has 1 nitrogen and oxygen atoms in total. The van der Waals surface area contributed by atoms with E-state index in [1.165, 1.54) is 70.6 Å². The Balaban J connectivity index is 1.20. The Morgan fingerprint density at radius 3 is 1.68 bits per heavy atom. The maximum atomic E-state index is 15.1. The zero-order chi connectivity index (χ0) is 24.1. The first-order valence-corrected chi connectivity index (χ1v) is 15.1. The fourth-order valence-corrected chi connectivity index (χ4v) is 8.33. The third-order valence-corrected chi connectivity index (χ3v) is 10.7. The second kappa shape index (κ2) is 12.3. The molecule has 34 heavy (non-hydrogen) atoms. The first kappa shape index (κ1) is 26.8. The number of hydrogen-bond donors (Lipinski definition) is 0. The Morgan fingerprint density at radius 1 is 0.647 bits per heavy atom. The molecule has 0 saturated heterocycles. The molecule has 0 radical (unpaired) electrons. The van der Waals surface area contributed by atoms with Crippen LogP contribution in [0.25, 0.3) is 0 Å². The van der Waals surface area contributed by atoms with Crippen LogP contribution in [0.5, 0.6) is 0 Å². The molecule has 3 unspecified atom stereocenters. The standard InChI is InChI=1S/C30H51F3O/c1-3-5-22-8-12-25(13-9-22)26-16-19-29(28(31)20-26)34-30(32,33)27-17-14-24(15-18-27)23-10-6-21(4-2)7-11-23/h21-29H,3-20H2,1-2H3. The Kier molecular flexibility index (Phi) is 9.72. The van der Waals surface area contributed by atoms with Crippen molar-refractivity contribution in [2.45, 2.75) is 148 Å². The number of halogens is 3. The van der Waals surface area contributed by atoms with Gasteiger partial charge in [-0.2, -0.15) is 8.78 Å². The van der Waals surface area contributed by atoms with Crippen molar-refractivity contribution in [3.8, 4) is 0 Å². The van der Waals surface area contributed by atoms with Crippen LogP contribution in [0.4, 0.5) is 13.2 Å². The Hall–Kier alpha value is -0.250. The van der Waals surface area contributed by atoms with Gasteiger partial charge >= 0.3 is 6.11 Å². The van der Waals surface area contributed by atoms with E-state index in [0.717, 1.165) is 37.0 Å². The van der Waals surface area contributed by atoms with E-state index in [-0.39, 0.29) is 0 Å². The lowest BCUT2D eigenvalue weighted by atomic mass is 9.68. The summed E-state index contributed by atoms with van der Waals surface area (Å²) in [4.78, 5) is 0. The van der Waals surface area contributed by atoms with Crippen molar-refractivity contribution in [1.82, 2.24) is 0 Å². The van der Waals surface area contributed by atoms with Crippen LogP contribution in [0.1, 0.15) is 129 Å². The van der Waals surface area contributed by atoms with E-state index in [1.54, 1.807) is 0 Å².